The Hall–Kier alpha value is -8.60. The molecule has 8 aromatic rings. The molecule has 5 fully saturated rings. The highest BCUT2D eigenvalue weighted by Gasteiger charge is 2.50. The quantitative estimate of drug-likeness (QED) is 0.0234. The third-order valence-corrected chi connectivity index (χ3v) is 31.1. The highest BCUT2D eigenvalue weighted by atomic mass is 79.9. The summed E-state index contributed by atoms with van der Waals surface area (Å²) in [6.07, 6.45) is 12.4. The monoisotopic (exact) mass is 2190 g/mol. The lowest BCUT2D eigenvalue weighted by molar-refractivity contribution is -0.140. The molecule has 690 valence electrons. The summed E-state index contributed by atoms with van der Waals surface area (Å²) in [6, 6.07) is 12.0. The van der Waals surface area contributed by atoms with Crippen LogP contribution in [0.4, 0.5) is 17.6 Å². The Kier molecular flexibility index (Phi) is 30.8. The van der Waals surface area contributed by atoms with Gasteiger partial charge in [-0.3, -0.25) is 20.0 Å². The minimum Gasteiger partial charge on any atom is -0.463 e. The molecule has 1 saturated carbocycles. The van der Waals surface area contributed by atoms with Gasteiger partial charge in [-0.25, -0.2) is 109 Å². The van der Waals surface area contributed by atoms with Crippen molar-refractivity contribution in [3.8, 4) is 0 Å². The Morgan fingerprint density at radius 2 is 0.600 bits per heavy atom. The summed E-state index contributed by atoms with van der Waals surface area (Å²) in [5.74, 6) is -1.72. The van der Waals surface area contributed by atoms with Gasteiger partial charge in [-0.1, -0.05) is 88.0 Å². The van der Waals surface area contributed by atoms with E-state index in [-0.39, 0.29) is 50.9 Å². The second-order valence-electron chi connectivity index (χ2n) is 30.3. The van der Waals surface area contributed by atoms with Crippen molar-refractivity contribution in [3.63, 3.8) is 0 Å². The number of thiazole rings is 4. The molecule has 9 aliphatic rings. The van der Waals surface area contributed by atoms with Crippen molar-refractivity contribution < 1.29 is 89.4 Å². The zero-order valence-corrected chi connectivity index (χ0v) is 82.7. The molecule has 0 spiro atoms. The summed E-state index contributed by atoms with van der Waals surface area (Å²) >= 11 is 19.1. The van der Waals surface area contributed by atoms with Crippen LogP contribution in [0.1, 0.15) is 133 Å². The Labute approximate surface area is 795 Å². The van der Waals surface area contributed by atoms with Crippen molar-refractivity contribution in [1.82, 2.24) is 58.4 Å². The van der Waals surface area contributed by atoms with Gasteiger partial charge in [0.1, 0.15) is 47.4 Å². The largest absolute Gasteiger partial charge is 0.463 e. The van der Waals surface area contributed by atoms with E-state index >= 15 is 0 Å². The first-order valence-corrected chi connectivity index (χ1v) is 54.1. The van der Waals surface area contributed by atoms with E-state index in [2.05, 4.69) is 103 Å². The Bertz CT molecular complexity index is 6020. The molecule has 0 amide bonds. The van der Waals surface area contributed by atoms with Crippen LogP contribution in [0.15, 0.2) is 202 Å². The molecule has 2 unspecified atom stereocenters. The normalized spacial score (nSPS) is 21.3. The maximum absolute atomic E-state index is 13.8. The zero-order chi connectivity index (χ0) is 93.2. The number of hydrogen-bond donors (Lipinski definition) is 4. The van der Waals surface area contributed by atoms with Gasteiger partial charge in [-0.05, 0) is 111 Å². The minimum absolute atomic E-state index is 0.168. The fourth-order valence-electron chi connectivity index (χ4n) is 16.0. The molecule has 0 radical (unpaired) electrons. The molecule has 4 aromatic heterocycles. The maximum Gasteiger partial charge on any atom is 0.338 e. The molecule has 4 aromatic carbocycles. The predicted octanol–water partition coefficient (Wildman–Crippen LogP) is 12.5. The molecule has 17 rings (SSSR count). The van der Waals surface area contributed by atoms with E-state index in [0.717, 1.165) is 18.8 Å². The van der Waals surface area contributed by atoms with Crippen LogP contribution in [-0.2, 0) is 78.2 Å². The van der Waals surface area contributed by atoms with Crippen LogP contribution in [0.3, 0.4) is 0 Å². The van der Waals surface area contributed by atoms with E-state index in [1.807, 2.05) is 41.1 Å². The third kappa shape index (κ3) is 22.6. The lowest BCUT2D eigenvalue weighted by Gasteiger charge is -2.31. The average molecular weight is 2200 g/mol. The Balaban J connectivity index is 0.000000140. The molecule has 32 nitrogen and oxygen atoms in total. The standard InChI is InChI=1S/C22H22BrFN4O4S2.3C20H20BrFN4O4S2/c1-2-32-22(29)18-17-10-13(27-34(30,31)14-4-5-14)11-28(17)20(21-25-7-8-33-21)26-19(18)15-6-3-12(24)9-16(15)23;3*1-3-30-20(27)16-15-9-12(25-32(2,28)29)10-26(15)18(19-23-6-7-31-19)24-17(16)13-5-4-11(22)8-14(13)21/h3,6-9,13-14,19,27H,2,4-5,10-11H2,1H3;3*4-8,12,17,25H,3,9-10H2,1-2H3/t13?,19-;12?,17-;12-,17+;12-,17-/m0010/s1. The topological polar surface area (TPSA) is 404 Å². The number of nitrogens with zero attached hydrogens (tertiary/aromatic N) is 12. The fraction of sp³-hybridized carbons (Fsp3) is 0.366. The number of carbonyl (C=O) groups excluding carboxylic acids is 4. The number of hydrogen-bond acceptors (Lipinski definition) is 32. The first-order chi connectivity index (χ1) is 61.8. The highest BCUT2D eigenvalue weighted by molar-refractivity contribution is 9.11. The van der Waals surface area contributed by atoms with Crippen molar-refractivity contribution in [2.24, 2.45) is 20.0 Å². The summed E-state index contributed by atoms with van der Waals surface area (Å²) in [5.41, 5.74) is 6.11. The van der Waals surface area contributed by atoms with Crippen LogP contribution >= 0.6 is 109 Å². The van der Waals surface area contributed by atoms with Gasteiger partial charge >= 0.3 is 23.9 Å². The molecule has 130 heavy (non-hydrogen) atoms. The van der Waals surface area contributed by atoms with E-state index in [1.165, 1.54) is 93.9 Å². The van der Waals surface area contributed by atoms with Gasteiger partial charge < -0.3 is 38.5 Å². The van der Waals surface area contributed by atoms with Crippen molar-refractivity contribution >= 4 is 196 Å². The Morgan fingerprint density at radius 1 is 0.377 bits per heavy atom. The number of nitrogens with one attached hydrogen (secondary N) is 4. The lowest BCUT2D eigenvalue weighted by atomic mass is 9.94. The van der Waals surface area contributed by atoms with Gasteiger partial charge in [0.2, 0.25) is 40.1 Å². The van der Waals surface area contributed by atoms with E-state index in [0.29, 0.717) is 174 Å². The van der Waals surface area contributed by atoms with E-state index in [9.17, 15) is 70.4 Å². The molecule has 8 atom stereocenters. The minimum atomic E-state index is -3.46. The molecule has 0 bridgehead atoms. The van der Waals surface area contributed by atoms with Crippen LogP contribution in [0, 0.1) is 23.3 Å². The molecule has 4 N–H and O–H groups in total. The van der Waals surface area contributed by atoms with Gasteiger partial charge in [-0.15, -0.1) is 45.3 Å². The van der Waals surface area contributed by atoms with Crippen molar-refractivity contribution in [3.05, 3.63) is 248 Å². The molecule has 1 aliphatic carbocycles. The lowest BCUT2D eigenvalue weighted by Crippen LogP contribution is -2.40. The SMILES string of the molecule is CCOC(=O)C1=C2CC(NS(=O)(=O)C3CC3)CN2C(c2nccs2)=N[C@H]1c1ccc(F)cc1Br.CCOC(=O)C1=C2CC(NS(C)(=O)=O)CN2C(c2nccs2)=N[C@H]1c1ccc(F)cc1Br.CCOC(=O)C1=C2C[C@@H](NS(C)(=O)=O)CN2C(c2nccs2)=N[C@H]1c1ccc(F)cc1Br.CCOC(=O)C1=C2C[C@H](NS(C)(=O)=O)CN2C(c2nccs2)=N[C@H]1c1ccc(F)cc1Br. The maximum atomic E-state index is 13.8. The number of aromatic nitrogens is 4. The zero-order valence-electron chi connectivity index (χ0n) is 69.8. The smallest absolute Gasteiger partial charge is 0.338 e. The van der Waals surface area contributed by atoms with Gasteiger partial charge in [0.25, 0.3) is 0 Å². The van der Waals surface area contributed by atoms with Crippen molar-refractivity contribution in [1.29, 1.82) is 0 Å². The van der Waals surface area contributed by atoms with Gasteiger partial charge in [0.05, 0.1) is 72.7 Å². The molecule has 4 saturated heterocycles. The molecular formula is C82H82Br4F4N16O16S8. The summed E-state index contributed by atoms with van der Waals surface area (Å²) in [4.78, 5) is 96.7. The van der Waals surface area contributed by atoms with Gasteiger partial charge in [-0.2, -0.15) is 0 Å². The summed E-state index contributed by atoms with van der Waals surface area (Å²) in [7, 11) is -13.8. The summed E-state index contributed by atoms with van der Waals surface area (Å²) in [5, 5.41) is 9.46. The number of ether oxygens (including phenoxy) is 4. The number of carbonyl (C=O) groups is 4. The third-order valence-electron chi connectivity index (χ3n) is 21.0. The molecule has 8 aliphatic heterocycles. The molecule has 48 heteroatoms. The number of amidine groups is 4. The van der Waals surface area contributed by atoms with E-state index < -0.39 is 136 Å². The van der Waals surface area contributed by atoms with Crippen molar-refractivity contribution in [2.45, 2.75) is 120 Å². The number of benzene rings is 4. The fourth-order valence-corrected chi connectivity index (χ4v) is 24.7. The van der Waals surface area contributed by atoms with Crippen molar-refractivity contribution in [2.75, 3.05) is 71.4 Å². The second kappa shape index (κ2) is 41.1. The second-order valence-corrected chi connectivity index (χ2v) is 44.7. The summed E-state index contributed by atoms with van der Waals surface area (Å²) < 4.78 is 185. The van der Waals surface area contributed by atoms with Crippen LogP contribution in [0.2, 0.25) is 0 Å². The summed E-state index contributed by atoms with van der Waals surface area (Å²) in [6.45, 7) is 8.72. The van der Waals surface area contributed by atoms with Crippen LogP contribution in [-0.4, -0.2) is 221 Å². The van der Waals surface area contributed by atoms with Gasteiger partial charge in [0.15, 0.2) is 43.4 Å². The highest BCUT2D eigenvalue weighted by Crippen LogP contribution is 2.49. The first kappa shape index (κ1) is 97.4. The van der Waals surface area contributed by atoms with E-state index in [4.69, 9.17) is 38.9 Å². The first-order valence-electron chi connectivity index (χ1n) is 40.2. The Morgan fingerprint density at radius 3 is 0.785 bits per heavy atom. The number of rotatable bonds is 25. The van der Waals surface area contributed by atoms with Gasteiger partial charge in [0, 0.05) is 163 Å². The number of aliphatic imine (C=N–C) groups is 4. The van der Waals surface area contributed by atoms with Crippen LogP contribution in [0.25, 0.3) is 0 Å². The molecular weight excluding hydrogens is 2120 g/mol. The van der Waals surface area contributed by atoms with Crippen LogP contribution in [0.5, 0.6) is 0 Å². The molecule has 12 heterocycles. The average Bonchev–Trinajstić information content (AvgIpc) is 1.62. The number of fused-ring (bicyclic) bond motifs is 4. The predicted molar refractivity (Wildman–Crippen MR) is 496 cm³/mol. The number of esters is 4. The van der Waals surface area contributed by atoms with Crippen LogP contribution < -0.4 is 18.9 Å². The number of sulfonamides is 4. The number of halogens is 8. The van der Waals surface area contributed by atoms with E-state index in [1.54, 1.807) is 76.7 Å².